The van der Waals surface area contributed by atoms with Gasteiger partial charge in [0.15, 0.2) is 5.60 Å². The molecular weight excluding hydrogens is 376 g/mol. The summed E-state index contributed by atoms with van der Waals surface area (Å²) in [6.07, 6.45) is 1.08. The second-order valence-electron chi connectivity index (χ2n) is 7.88. The summed E-state index contributed by atoms with van der Waals surface area (Å²) in [6, 6.07) is 13.3. The van der Waals surface area contributed by atoms with Crippen LogP contribution in [0.4, 0.5) is 11.4 Å². The number of hydrogen-bond donors (Lipinski definition) is 0. The summed E-state index contributed by atoms with van der Waals surface area (Å²) >= 11 is 6.13. The maximum Gasteiger partial charge on any atom is 0.270 e. The summed E-state index contributed by atoms with van der Waals surface area (Å²) in [6.45, 7) is 5.81. The van der Waals surface area contributed by atoms with E-state index in [1.54, 1.807) is 36.9 Å². The average molecular weight is 399 g/mol. The molecule has 0 aromatic heterocycles. The lowest BCUT2D eigenvalue weighted by Gasteiger charge is -2.39. The number of para-hydroxylation sites is 1. The smallest absolute Gasteiger partial charge is 0.270 e. The van der Waals surface area contributed by atoms with Gasteiger partial charge in [-0.15, -0.1) is 0 Å². The van der Waals surface area contributed by atoms with E-state index < -0.39 is 5.60 Å². The van der Waals surface area contributed by atoms with Crippen LogP contribution in [0.1, 0.15) is 32.8 Å². The van der Waals surface area contributed by atoms with Gasteiger partial charge in [0, 0.05) is 29.7 Å². The predicted octanol–water partition coefficient (Wildman–Crippen LogP) is 4.21. The lowest BCUT2D eigenvalue weighted by Crippen LogP contribution is -2.53. The Kier molecular flexibility index (Phi) is 4.58. The molecule has 5 nitrogen and oxygen atoms in total. The molecule has 0 saturated heterocycles. The van der Waals surface area contributed by atoms with Gasteiger partial charge in [-0.25, -0.2) is 0 Å². The van der Waals surface area contributed by atoms with E-state index in [1.165, 1.54) is 5.56 Å². The van der Waals surface area contributed by atoms with Gasteiger partial charge in [-0.05, 0) is 57.0 Å². The fraction of sp³-hybridized carbons (Fsp3) is 0.364. The number of anilines is 2. The summed E-state index contributed by atoms with van der Waals surface area (Å²) in [4.78, 5) is 29.5. The molecule has 0 N–H and O–H groups in total. The highest BCUT2D eigenvalue weighted by molar-refractivity contribution is 6.31. The minimum atomic E-state index is -0.989. The molecular formula is C22H23ClN2O3. The van der Waals surface area contributed by atoms with Gasteiger partial charge in [0.05, 0.1) is 5.69 Å². The van der Waals surface area contributed by atoms with Crippen LogP contribution in [0.15, 0.2) is 42.5 Å². The molecule has 1 atom stereocenters. The van der Waals surface area contributed by atoms with Crippen molar-refractivity contribution in [2.24, 2.45) is 0 Å². The van der Waals surface area contributed by atoms with Crippen molar-refractivity contribution >= 4 is 34.8 Å². The highest BCUT2D eigenvalue weighted by atomic mass is 35.5. The van der Waals surface area contributed by atoms with Gasteiger partial charge in [0.2, 0.25) is 5.91 Å². The van der Waals surface area contributed by atoms with Crippen molar-refractivity contribution in [3.8, 4) is 5.75 Å². The van der Waals surface area contributed by atoms with E-state index in [2.05, 4.69) is 13.0 Å². The average Bonchev–Trinajstić information content (AvgIpc) is 2.98. The topological polar surface area (TPSA) is 49.9 Å². The summed E-state index contributed by atoms with van der Waals surface area (Å²) in [5.74, 6) is 0.435. The van der Waals surface area contributed by atoms with E-state index in [0.29, 0.717) is 16.5 Å². The first-order chi connectivity index (χ1) is 13.3. The van der Waals surface area contributed by atoms with Crippen LogP contribution in [0, 0.1) is 0 Å². The molecule has 4 rings (SSSR count). The molecule has 0 aliphatic carbocycles. The molecule has 0 saturated carbocycles. The van der Waals surface area contributed by atoms with Crippen LogP contribution in [-0.4, -0.2) is 30.0 Å². The zero-order valence-electron chi connectivity index (χ0n) is 16.2. The van der Waals surface area contributed by atoms with Gasteiger partial charge in [0.25, 0.3) is 5.91 Å². The second kappa shape index (κ2) is 6.82. The highest BCUT2D eigenvalue weighted by Crippen LogP contribution is 2.39. The number of nitrogens with zero attached hydrogens (tertiary/aromatic N) is 2. The van der Waals surface area contributed by atoms with Crippen molar-refractivity contribution < 1.29 is 14.3 Å². The fourth-order valence-electron chi connectivity index (χ4n) is 4.04. The van der Waals surface area contributed by atoms with Crippen molar-refractivity contribution in [1.29, 1.82) is 0 Å². The molecule has 6 heteroatoms. The quantitative estimate of drug-likeness (QED) is 0.778. The van der Waals surface area contributed by atoms with E-state index in [9.17, 15) is 9.59 Å². The Morgan fingerprint density at radius 1 is 1.21 bits per heavy atom. The third-order valence-electron chi connectivity index (χ3n) is 5.36. The Morgan fingerprint density at radius 3 is 2.75 bits per heavy atom. The zero-order chi connectivity index (χ0) is 20.1. The minimum absolute atomic E-state index is 0.0122. The van der Waals surface area contributed by atoms with E-state index >= 15 is 0 Å². The zero-order valence-corrected chi connectivity index (χ0v) is 17.0. The van der Waals surface area contributed by atoms with E-state index in [0.717, 1.165) is 12.1 Å². The first-order valence-corrected chi connectivity index (χ1v) is 9.86. The van der Waals surface area contributed by atoms with Crippen LogP contribution < -0.4 is 14.5 Å². The molecule has 0 radical (unpaired) electrons. The van der Waals surface area contributed by atoms with Crippen molar-refractivity contribution in [1.82, 2.24) is 0 Å². The van der Waals surface area contributed by atoms with Crippen LogP contribution >= 0.6 is 11.6 Å². The normalized spacial score (nSPS) is 19.9. The van der Waals surface area contributed by atoms with Gasteiger partial charge < -0.3 is 14.5 Å². The van der Waals surface area contributed by atoms with Crippen molar-refractivity contribution in [2.45, 2.75) is 45.3 Å². The van der Waals surface area contributed by atoms with Gasteiger partial charge in [-0.2, -0.15) is 0 Å². The summed E-state index contributed by atoms with van der Waals surface area (Å²) in [5, 5.41) is 0.522. The predicted molar refractivity (Wildman–Crippen MR) is 110 cm³/mol. The van der Waals surface area contributed by atoms with Crippen LogP contribution in [0.25, 0.3) is 0 Å². The van der Waals surface area contributed by atoms with Crippen LogP contribution in [0.5, 0.6) is 5.75 Å². The Bertz CT molecular complexity index is 957. The number of halogens is 1. The third-order valence-corrected chi connectivity index (χ3v) is 5.60. The maximum absolute atomic E-state index is 13.0. The standard InChI is InChI=1S/C22H23ClN2O3/c1-14-12-15-6-4-5-7-17(15)25(14)20(26)10-11-24-18-13-16(23)8-9-19(18)28-22(2,3)21(24)27/h4-9,13-14H,10-12H2,1-3H3. The second-order valence-corrected chi connectivity index (χ2v) is 8.31. The van der Waals surface area contributed by atoms with Crippen LogP contribution in [-0.2, 0) is 16.0 Å². The lowest BCUT2D eigenvalue weighted by molar-refractivity contribution is -0.132. The summed E-state index contributed by atoms with van der Waals surface area (Å²) < 4.78 is 5.84. The molecule has 146 valence electrons. The molecule has 0 bridgehead atoms. The number of ether oxygens (including phenoxy) is 1. The maximum atomic E-state index is 13.0. The van der Waals surface area contributed by atoms with E-state index in [1.807, 2.05) is 23.1 Å². The monoisotopic (exact) mass is 398 g/mol. The van der Waals surface area contributed by atoms with Gasteiger partial charge in [0.1, 0.15) is 5.75 Å². The van der Waals surface area contributed by atoms with Crippen LogP contribution in [0.3, 0.4) is 0 Å². The fourth-order valence-corrected chi connectivity index (χ4v) is 4.20. The number of hydrogen-bond acceptors (Lipinski definition) is 3. The SMILES string of the molecule is CC1Cc2ccccc2N1C(=O)CCN1C(=O)C(C)(C)Oc2ccc(Cl)cc21. The molecule has 28 heavy (non-hydrogen) atoms. The van der Waals surface area contributed by atoms with Crippen molar-refractivity contribution in [3.63, 3.8) is 0 Å². The molecule has 2 aromatic rings. The minimum Gasteiger partial charge on any atom is -0.476 e. The highest BCUT2D eigenvalue weighted by Gasteiger charge is 2.41. The Hall–Kier alpha value is -2.53. The number of carbonyl (C=O) groups is 2. The molecule has 2 aliphatic rings. The Morgan fingerprint density at radius 2 is 1.96 bits per heavy atom. The first-order valence-electron chi connectivity index (χ1n) is 9.48. The lowest BCUT2D eigenvalue weighted by atomic mass is 10.0. The number of amides is 2. The molecule has 2 aliphatic heterocycles. The molecule has 2 amide bonds. The summed E-state index contributed by atoms with van der Waals surface area (Å²) in [7, 11) is 0. The number of benzene rings is 2. The largest absolute Gasteiger partial charge is 0.476 e. The number of rotatable bonds is 3. The van der Waals surface area contributed by atoms with Crippen LogP contribution in [0.2, 0.25) is 5.02 Å². The van der Waals surface area contributed by atoms with Gasteiger partial charge in [-0.3, -0.25) is 9.59 Å². The van der Waals surface area contributed by atoms with Crippen molar-refractivity contribution in [3.05, 3.63) is 53.1 Å². The summed E-state index contributed by atoms with van der Waals surface area (Å²) in [5.41, 5.74) is 1.78. The Labute approximate surface area is 169 Å². The molecule has 0 spiro atoms. The van der Waals surface area contributed by atoms with E-state index in [-0.39, 0.29) is 30.8 Å². The number of carbonyl (C=O) groups excluding carboxylic acids is 2. The van der Waals surface area contributed by atoms with Gasteiger partial charge in [-0.1, -0.05) is 29.8 Å². The first kappa shape index (κ1) is 18.8. The Balaban J connectivity index is 1.57. The molecule has 1 unspecified atom stereocenters. The molecule has 2 heterocycles. The van der Waals surface area contributed by atoms with Gasteiger partial charge >= 0.3 is 0 Å². The third kappa shape index (κ3) is 3.14. The molecule has 0 fully saturated rings. The number of fused-ring (bicyclic) bond motifs is 2. The van der Waals surface area contributed by atoms with E-state index in [4.69, 9.17) is 16.3 Å². The van der Waals surface area contributed by atoms with Crippen molar-refractivity contribution in [2.75, 3.05) is 16.3 Å². The molecule has 2 aromatic carbocycles.